The zero-order chi connectivity index (χ0) is 18.1. The minimum Gasteiger partial charge on any atom is -0.461 e. The number of nitrogens with two attached hydrogens (primary N) is 1. The van der Waals surface area contributed by atoms with Gasteiger partial charge in [-0.2, -0.15) is 0 Å². The summed E-state index contributed by atoms with van der Waals surface area (Å²) in [7, 11) is 0. The minimum atomic E-state index is -0.465. The summed E-state index contributed by atoms with van der Waals surface area (Å²) in [5, 5.41) is 8.53. The molecule has 2 heterocycles. The van der Waals surface area contributed by atoms with Gasteiger partial charge in [-0.3, -0.25) is 0 Å². The van der Waals surface area contributed by atoms with E-state index in [2.05, 4.69) is 10.2 Å². The van der Waals surface area contributed by atoms with Crippen LogP contribution in [0, 0.1) is 5.82 Å². The van der Waals surface area contributed by atoms with Crippen LogP contribution in [0.3, 0.4) is 0 Å². The second-order valence-corrected chi connectivity index (χ2v) is 6.55. The molecule has 132 valence electrons. The summed E-state index contributed by atoms with van der Waals surface area (Å²) in [6.45, 7) is 4.22. The Labute approximate surface area is 149 Å². The summed E-state index contributed by atoms with van der Waals surface area (Å²) in [6, 6.07) is 5.29. The number of ether oxygens (including phenoxy) is 1. The van der Waals surface area contributed by atoms with Crippen LogP contribution in [0.1, 0.15) is 20.3 Å². The number of hydrogen-bond acceptors (Lipinski definition) is 6. The molecule has 8 heteroatoms. The maximum atomic E-state index is 14.0. The largest absolute Gasteiger partial charge is 0.461 e. The number of benzene rings is 1. The first-order valence-corrected chi connectivity index (χ1v) is 8.30. The van der Waals surface area contributed by atoms with Crippen molar-refractivity contribution in [2.45, 2.75) is 32.4 Å². The van der Waals surface area contributed by atoms with Crippen LogP contribution in [0.15, 0.2) is 24.3 Å². The van der Waals surface area contributed by atoms with Crippen molar-refractivity contribution in [1.29, 1.82) is 0 Å². The van der Waals surface area contributed by atoms with Crippen molar-refractivity contribution in [2.75, 3.05) is 17.2 Å². The predicted molar refractivity (Wildman–Crippen MR) is 93.8 cm³/mol. The lowest BCUT2D eigenvalue weighted by Gasteiger charge is -2.40. The molecular formula is C17H18ClFN4O2. The topological polar surface area (TPSA) is 81.3 Å². The molecular weight excluding hydrogens is 347 g/mol. The van der Waals surface area contributed by atoms with Gasteiger partial charge in [0.25, 0.3) is 0 Å². The maximum absolute atomic E-state index is 14.0. The molecule has 1 saturated heterocycles. The third-order valence-corrected chi connectivity index (χ3v) is 4.16. The number of esters is 1. The fourth-order valence-corrected chi connectivity index (χ4v) is 2.82. The van der Waals surface area contributed by atoms with Gasteiger partial charge in [-0.1, -0.05) is 11.6 Å². The van der Waals surface area contributed by atoms with Gasteiger partial charge in [0, 0.05) is 17.1 Å². The molecule has 3 rings (SSSR count). The van der Waals surface area contributed by atoms with Crippen LogP contribution in [0.25, 0.3) is 11.3 Å². The molecule has 1 unspecified atom stereocenters. The van der Waals surface area contributed by atoms with Crippen LogP contribution in [-0.2, 0) is 9.53 Å². The van der Waals surface area contributed by atoms with E-state index in [0.717, 1.165) is 0 Å². The normalized spacial score (nSPS) is 16.7. The van der Waals surface area contributed by atoms with Gasteiger partial charge in [-0.05, 0) is 44.5 Å². The standard InChI is InChI=1S/C17H18ClFN4O2/c1-9(2)25-17(24)15-5-6-23(15)16-13(20)8-14(21-22-16)11-7-10(18)3-4-12(11)19/h3-4,7-9,15H,5-6H2,1-2H3,(H2,20,21). The molecule has 1 aliphatic rings. The number of anilines is 2. The lowest BCUT2D eigenvalue weighted by molar-refractivity contribution is -0.150. The van der Waals surface area contributed by atoms with Gasteiger partial charge < -0.3 is 15.4 Å². The fourth-order valence-electron chi connectivity index (χ4n) is 2.65. The van der Waals surface area contributed by atoms with Gasteiger partial charge in [-0.15, -0.1) is 10.2 Å². The summed E-state index contributed by atoms with van der Waals surface area (Å²) in [5.41, 5.74) is 6.88. The first-order valence-electron chi connectivity index (χ1n) is 7.92. The SMILES string of the molecule is CC(C)OC(=O)C1CCN1c1nnc(-c2cc(Cl)ccc2F)cc1N. The molecule has 0 saturated carbocycles. The molecule has 0 bridgehead atoms. The first kappa shape index (κ1) is 17.4. The van der Waals surface area contributed by atoms with E-state index < -0.39 is 11.9 Å². The molecule has 0 radical (unpaired) electrons. The summed E-state index contributed by atoms with van der Waals surface area (Å²) >= 11 is 5.91. The quantitative estimate of drug-likeness (QED) is 0.840. The van der Waals surface area contributed by atoms with Crippen LogP contribution in [-0.4, -0.2) is 34.9 Å². The van der Waals surface area contributed by atoms with E-state index in [-0.39, 0.29) is 23.3 Å². The summed E-state index contributed by atoms with van der Waals surface area (Å²) < 4.78 is 19.2. The Morgan fingerprint density at radius 1 is 1.40 bits per heavy atom. The monoisotopic (exact) mass is 364 g/mol. The van der Waals surface area contributed by atoms with E-state index in [0.29, 0.717) is 29.5 Å². The number of hydrogen-bond donors (Lipinski definition) is 1. The van der Waals surface area contributed by atoms with Crippen molar-refractivity contribution in [3.63, 3.8) is 0 Å². The number of aromatic nitrogens is 2. The third-order valence-electron chi connectivity index (χ3n) is 3.92. The zero-order valence-corrected chi connectivity index (χ0v) is 14.6. The van der Waals surface area contributed by atoms with Gasteiger partial charge in [0.2, 0.25) is 0 Å². The molecule has 1 aliphatic heterocycles. The molecule has 0 amide bonds. The van der Waals surface area contributed by atoms with Crippen molar-refractivity contribution in [1.82, 2.24) is 10.2 Å². The third kappa shape index (κ3) is 3.51. The van der Waals surface area contributed by atoms with E-state index in [1.807, 2.05) is 0 Å². The van der Waals surface area contributed by atoms with E-state index in [1.54, 1.807) is 18.7 Å². The van der Waals surface area contributed by atoms with Crippen molar-refractivity contribution >= 4 is 29.1 Å². The highest BCUT2D eigenvalue weighted by molar-refractivity contribution is 6.30. The second-order valence-electron chi connectivity index (χ2n) is 6.12. The van der Waals surface area contributed by atoms with E-state index in [9.17, 15) is 9.18 Å². The lowest BCUT2D eigenvalue weighted by Crippen LogP contribution is -2.54. The predicted octanol–water partition coefficient (Wildman–Crippen LogP) is 3.05. The molecule has 6 nitrogen and oxygen atoms in total. The fraction of sp³-hybridized carbons (Fsp3) is 0.353. The Balaban J connectivity index is 1.85. The smallest absolute Gasteiger partial charge is 0.329 e. The maximum Gasteiger partial charge on any atom is 0.329 e. The number of rotatable bonds is 4. The van der Waals surface area contributed by atoms with Crippen LogP contribution < -0.4 is 10.6 Å². The molecule has 25 heavy (non-hydrogen) atoms. The van der Waals surface area contributed by atoms with Gasteiger partial charge in [0.1, 0.15) is 11.9 Å². The Bertz CT molecular complexity index is 815. The highest BCUT2D eigenvalue weighted by Gasteiger charge is 2.38. The van der Waals surface area contributed by atoms with Crippen LogP contribution >= 0.6 is 11.6 Å². The number of carbonyl (C=O) groups excluding carboxylic acids is 1. The first-order chi connectivity index (χ1) is 11.9. The Hall–Kier alpha value is -2.41. The number of carbonyl (C=O) groups is 1. The Kier molecular flexibility index (Phi) is 4.76. The molecule has 1 fully saturated rings. The molecule has 1 aromatic heterocycles. The number of halogens is 2. The van der Waals surface area contributed by atoms with E-state index >= 15 is 0 Å². The van der Waals surface area contributed by atoms with Crippen molar-refractivity contribution in [2.24, 2.45) is 0 Å². The van der Waals surface area contributed by atoms with Gasteiger partial charge in [0.15, 0.2) is 5.82 Å². The Morgan fingerprint density at radius 2 is 2.16 bits per heavy atom. The Morgan fingerprint density at radius 3 is 2.76 bits per heavy atom. The highest BCUT2D eigenvalue weighted by atomic mass is 35.5. The average molecular weight is 365 g/mol. The van der Waals surface area contributed by atoms with Gasteiger partial charge >= 0.3 is 5.97 Å². The molecule has 0 aliphatic carbocycles. The molecule has 0 spiro atoms. The van der Waals surface area contributed by atoms with Crippen LogP contribution in [0.4, 0.5) is 15.9 Å². The van der Waals surface area contributed by atoms with E-state index in [4.69, 9.17) is 22.1 Å². The average Bonchev–Trinajstić information content (AvgIpc) is 2.49. The van der Waals surface area contributed by atoms with Crippen molar-refractivity contribution in [3.05, 3.63) is 35.1 Å². The van der Waals surface area contributed by atoms with Gasteiger partial charge in [-0.25, -0.2) is 9.18 Å². The summed E-state index contributed by atoms with van der Waals surface area (Å²) in [6.07, 6.45) is 0.476. The lowest BCUT2D eigenvalue weighted by atomic mass is 10.0. The zero-order valence-electron chi connectivity index (χ0n) is 13.9. The summed E-state index contributed by atoms with van der Waals surface area (Å²) in [4.78, 5) is 13.8. The van der Waals surface area contributed by atoms with Crippen LogP contribution in [0.5, 0.6) is 0 Å². The molecule has 1 aromatic carbocycles. The second kappa shape index (κ2) is 6.84. The van der Waals surface area contributed by atoms with Crippen molar-refractivity contribution < 1.29 is 13.9 Å². The molecule has 2 aromatic rings. The van der Waals surface area contributed by atoms with Gasteiger partial charge in [0.05, 0.1) is 17.5 Å². The number of nitrogen functional groups attached to an aromatic ring is 1. The van der Waals surface area contributed by atoms with E-state index in [1.165, 1.54) is 24.3 Å². The summed E-state index contributed by atoms with van der Waals surface area (Å²) in [5.74, 6) is -0.385. The number of nitrogens with zero attached hydrogens (tertiary/aromatic N) is 3. The molecule has 2 N–H and O–H groups in total. The van der Waals surface area contributed by atoms with Crippen LogP contribution in [0.2, 0.25) is 5.02 Å². The molecule has 1 atom stereocenters. The highest BCUT2D eigenvalue weighted by Crippen LogP contribution is 2.33. The van der Waals surface area contributed by atoms with Crippen molar-refractivity contribution in [3.8, 4) is 11.3 Å². The minimum absolute atomic E-state index is 0.188.